The molecule has 82 valence electrons. The summed E-state index contributed by atoms with van der Waals surface area (Å²) in [4.78, 5) is 15.0. The number of carbonyl (C=O) groups is 1. The molecule has 4 heteroatoms. The molecule has 0 radical (unpaired) electrons. The number of pyridine rings is 1. The van der Waals surface area contributed by atoms with Crippen LogP contribution in [0.15, 0.2) is 24.5 Å². The summed E-state index contributed by atoms with van der Waals surface area (Å²) in [7, 11) is 0. The zero-order valence-corrected chi connectivity index (χ0v) is 8.90. The molecule has 1 N–H and O–H groups in total. The normalized spacial score (nSPS) is 9.67. The summed E-state index contributed by atoms with van der Waals surface area (Å²) in [6.07, 6.45) is 4.59. The van der Waals surface area contributed by atoms with Gasteiger partial charge in [-0.05, 0) is 25.5 Å². The van der Waals surface area contributed by atoms with Crippen molar-refractivity contribution < 1.29 is 9.53 Å². The van der Waals surface area contributed by atoms with Gasteiger partial charge in [-0.25, -0.2) is 0 Å². The number of nitrogens with zero attached hydrogens (tertiary/aromatic N) is 1. The Hall–Kier alpha value is -1.58. The van der Waals surface area contributed by atoms with Crippen LogP contribution in [0, 0.1) is 0 Å². The van der Waals surface area contributed by atoms with E-state index in [1.54, 1.807) is 12.4 Å². The maximum atomic E-state index is 11.1. The monoisotopic (exact) mass is 208 g/mol. The maximum absolute atomic E-state index is 11.1. The molecule has 15 heavy (non-hydrogen) atoms. The van der Waals surface area contributed by atoms with Crippen molar-refractivity contribution in [1.29, 1.82) is 0 Å². The van der Waals surface area contributed by atoms with Crippen molar-refractivity contribution in [3.63, 3.8) is 0 Å². The van der Waals surface area contributed by atoms with E-state index in [-0.39, 0.29) is 5.91 Å². The van der Waals surface area contributed by atoms with Crippen molar-refractivity contribution in [1.82, 2.24) is 10.3 Å². The van der Waals surface area contributed by atoms with E-state index in [0.717, 1.165) is 12.2 Å². The van der Waals surface area contributed by atoms with Crippen molar-refractivity contribution in [2.75, 3.05) is 13.2 Å². The molecule has 0 spiro atoms. The number of aromatic nitrogens is 1. The van der Waals surface area contributed by atoms with Gasteiger partial charge in [-0.1, -0.05) is 0 Å². The lowest BCUT2D eigenvalue weighted by Crippen LogP contribution is -2.22. The fourth-order valence-electron chi connectivity index (χ4n) is 1.14. The summed E-state index contributed by atoms with van der Waals surface area (Å²) in [5.74, 6) is 0.820. The summed E-state index contributed by atoms with van der Waals surface area (Å²) >= 11 is 0. The highest BCUT2D eigenvalue weighted by atomic mass is 16.5. The molecule has 0 saturated carbocycles. The number of rotatable bonds is 6. The van der Waals surface area contributed by atoms with Gasteiger partial charge in [0.25, 0.3) is 0 Å². The van der Waals surface area contributed by atoms with Gasteiger partial charge in [-0.15, -0.1) is 0 Å². The smallest absolute Gasteiger partial charge is 0.220 e. The molecule has 0 saturated heterocycles. The SMILES string of the molecule is CCNC(=O)CCCOc1cccnc1. The van der Waals surface area contributed by atoms with Crippen LogP contribution < -0.4 is 10.1 Å². The third-order valence-electron chi connectivity index (χ3n) is 1.83. The largest absolute Gasteiger partial charge is 0.492 e. The topological polar surface area (TPSA) is 51.2 Å². The Morgan fingerprint density at radius 2 is 2.47 bits per heavy atom. The summed E-state index contributed by atoms with van der Waals surface area (Å²) in [5, 5.41) is 2.74. The second kappa shape index (κ2) is 6.81. The van der Waals surface area contributed by atoms with Gasteiger partial charge in [-0.2, -0.15) is 0 Å². The first-order valence-corrected chi connectivity index (χ1v) is 5.12. The number of nitrogens with one attached hydrogen (secondary N) is 1. The second-order valence-corrected chi connectivity index (χ2v) is 3.09. The van der Waals surface area contributed by atoms with Gasteiger partial charge in [0.2, 0.25) is 5.91 Å². The van der Waals surface area contributed by atoms with Crippen LogP contribution in [-0.2, 0) is 4.79 Å². The van der Waals surface area contributed by atoms with Crippen molar-refractivity contribution in [2.24, 2.45) is 0 Å². The van der Waals surface area contributed by atoms with Crippen LogP contribution in [0.1, 0.15) is 19.8 Å². The van der Waals surface area contributed by atoms with Crippen LogP contribution in [0.4, 0.5) is 0 Å². The van der Waals surface area contributed by atoms with Gasteiger partial charge in [0, 0.05) is 19.2 Å². The molecular formula is C11H16N2O2. The number of hydrogen-bond acceptors (Lipinski definition) is 3. The molecule has 1 amide bonds. The second-order valence-electron chi connectivity index (χ2n) is 3.09. The molecule has 0 unspecified atom stereocenters. The van der Waals surface area contributed by atoms with E-state index in [2.05, 4.69) is 10.3 Å². The average Bonchev–Trinajstić information content (AvgIpc) is 2.26. The van der Waals surface area contributed by atoms with E-state index in [1.807, 2.05) is 19.1 Å². The molecule has 1 aromatic rings. The Bertz CT molecular complexity index is 288. The molecule has 0 aliphatic carbocycles. The van der Waals surface area contributed by atoms with Crippen LogP contribution in [-0.4, -0.2) is 24.0 Å². The molecule has 1 heterocycles. The number of ether oxygens (including phenoxy) is 1. The Morgan fingerprint density at radius 3 is 3.13 bits per heavy atom. The first kappa shape index (κ1) is 11.5. The first-order chi connectivity index (χ1) is 7.33. The van der Waals surface area contributed by atoms with Crippen molar-refractivity contribution >= 4 is 5.91 Å². The zero-order chi connectivity index (χ0) is 10.9. The Morgan fingerprint density at radius 1 is 1.60 bits per heavy atom. The summed E-state index contributed by atoms with van der Waals surface area (Å²) in [5.41, 5.74) is 0. The molecule has 0 bridgehead atoms. The zero-order valence-electron chi connectivity index (χ0n) is 8.90. The van der Waals surface area contributed by atoms with Crippen molar-refractivity contribution in [3.8, 4) is 5.75 Å². The molecule has 4 nitrogen and oxygen atoms in total. The Labute approximate surface area is 89.7 Å². The molecule has 0 atom stereocenters. The molecule has 0 aromatic carbocycles. The van der Waals surface area contributed by atoms with Crippen molar-refractivity contribution in [2.45, 2.75) is 19.8 Å². The van der Waals surface area contributed by atoms with Gasteiger partial charge < -0.3 is 10.1 Å². The van der Waals surface area contributed by atoms with Crippen LogP contribution in [0.5, 0.6) is 5.75 Å². The fraction of sp³-hybridized carbons (Fsp3) is 0.455. The van der Waals surface area contributed by atoms with Crippen LogP contribution in [0.2, 0.25) is 0 Å². The van der Waals surface area contributed by atoms with Crippen molar-refractivity contribution in [3.05, 3.63) is 24.5 Å². The van der Waals surface area contributed by atoms with E-state index in [0.29, 0.717) is 19.6 Å². The minimum Gasteiger partial charge on any atom is -0.492 e. The Kier molecular flexibility index (Phi) is 5.22. The predicted molar refractivity (Wildman–Crippen MR) is 57.6 cm³/mol. The van der Waals surface area contributed by atoms with Gasteiger partial charge in [0.1, 0.15) is 5.75 Å². The summed E-state index contributed by atoms with van der Waals surface area (Å²) in [6, 6.07) is 3.66. The van der Waals surface area contributed by atoms with E-state index in [9.17, 15) is 4.79 Å². The minimum absolute atomic E-state index is 0.0762. The summed E-state index contributed by atoms with van der Waals surface area (Å²) in [6.45, 7) is 3.13. The predicted octanol–water partition coefficient (Wildman–Crippen LogP) is 1.38. The lowest BCUT2D eigenvalue weighted by molar-refractivity contribution is -0.121. The number of hydrogen-bond donors (Lipinski definition) is 1. The van der Waals surface area contributed by atoms with Crippen LogP contribution >= 0.6 is 0 Å². The quantitative estimate of drug-likeness (QED) is 0.718. The van der Waals surface area contributed by atoms with E-state index < -0.39 is 0 Å². The summed E-state index contributed by atoms with van der Waals surface area (Å²) < 4.78 is 5.39. The molecule has 1 rings (SSSR count). The van der Waals surface area contributed by atoms with Gasteiger partial charge >= 0.3 is 0 Å². The Balaban J connectivity index is 2.10. The fourth-order valence-corrected chi connectivity index (χ4v) is 1.14. The molecule has 0 aliphatic rings. The average molecular weight is 208 g/mol. The number of amides is 1. The molecular weight excluding hydrogens is 192 g/mol. The molecule has 0 aliphatic heterocycles. The third-order valence-corrected chi connectivity index (χ3v) is 1.83. The van der Waals surface area contributed by atoms with E-state index in [4.69, 9.17) is 4.74 Å². The molecule has 0 fully saturated rings. The maximum Gasteiger partial charge on any atom is 0.220 e. The lowest BCUT2D eigenvalue weighted by Gasteiger charge is -2.05. The first-order valence-electron chi connectivity index (χ1n) is 5.12. The minimum atomic E-state index is 0.0762. The highest BCUT2D eigenvalue weighted by molar-refractivity contribution is 5.75. The highest BCUT2D eigenvalue weighted by Crippen LogP contribution is 2.06. The standard InChI is InChI=1S/C11H16N2O2/c1-2-13-11(14)6-4-8-15-10-5-3-7-12-9-10/h3,5,7,9H,2,4,6,8H2,1H3,(H,13,14). The third kappa shape index (κ3) is 5.00. The van der Waals surface area contributed by atoms with Gasteiger partial charge in [0.15, 0.2) is 0 Å². The highest BCUT2D eigenvalue weighted by Gasteiger charge is 1.99. The van der Waals surface area contributed by atoms with Crippen LogP contribution in [0.3, 0.4) is 0 Å². The number of carbonyl (C=O) groups excluding carboxylic acids is 1. The van der Waals surface area contributed by atoms with E-state index in [1.165, 1.54) is 0 Å². The van der Waals surface area contributed by atoms with Gasteiger partial charge in [0.05, 0.1) is 12.8 Å². The van der Waals surface area contributed by atoms with Gasteiger partial charge in [-0.3, -0.25) is 9.78 Å². The molecule has 1 aromatic heterocycles. The van der Waals surface area contributed by atoms with Crippen LogP contribution in [0.25, 0.3) is 0 Å². The van der Waals surface area contributed by atoms with E-state index >= 15 is 0 Å². The lowest BCUT2D eigenvalue weighted by atomic mass is 10.3.